The maximum atomic E-state index is 12.1. The number of aromatic nitrogens is 2. The molecule has 0 aliphatic carbocycles. The maximum absolute atomic E-state index is 12.1. The highest BCUT2D eigenvalue weighted by molar-refractivity contribution is 6.41. The third-order valence-electron chi connectivity index (χ3n) is 3.32. The van der Waals surface area contributed by atoms with Crippen molar-refractivity contribution in [3.63, 3.8) is 0 Å². The Bertz CT molecular complexity index is 836. The summed E-state index contributed by atoms with van der Waals surface area (Å²) >= 11 is 17.8. The molecule has 2 rings (SSSR count). The van der Waals surface area contributed by atoms with Crippen LogP contribution in [0.2, 0.25) is 15.1 Å². The van der Waals surface area contributed by atoms with E-state index in [1.807, 2.05) is 0 Å². The van der Waals surface area contributed by atoms with Crippen molar-refractivity contribution in [2.45, 2.75) is 19.9 Å². The minimum Gasteiger partial charge on any atom is -0.480 e. The van der Waals surface area contributed by atoms with Crippen LogP contribution in [0.3, 0.4) is 0 Å². The number of carboxylic acids is 1. The number of hydrogen-bond acceptors (Lipinski definition) is 4. The van der Waals surface area contributed by atoms with Gasteiger partial charge in [0.2, 0.25) is 0 Å². The lowest BCUT2D eigenvalue weighted by molar-refractivity contribution is -0.138. The molecule has 2 aromatic rings. The van der Waals surface area contributed by atoms with E-state index in [-0.39, 0.29) is 21.0 Å². The molecule has 128 valence electrons. The number of nitrogens with zero attached hydrogens (tertiary/aromatic N) is 2. The van der Waals surface area contributed by atoms with E-state index in [4.69, 9.17) is 34.8 Å². The zero-order valence-electron chi connectivity index (χ0n) is 12.8. The Balaban J connectivity index is 2.39. The summed E-state index contributed by atoms with van der Waals surface area (Å²) in [4.78, 5) is 23.4. The normalized spacial score (nSPS) is 12.2. The van der Waals surface area contributed by atoms with Gasteiger partial charge < -0.3 is 10.4 Å². The predicted molar refractivity (Wildman–Crippen MR) is 94.7 cm³/mol. The van der Waals surface area contributed by atoms with Crippen LogP contribution in [0.5, 0.6) is 0 Å². The second-order valence-corrected chi connectivity index (χ2v) is 6.58. The molecule has 0 saturated heterocycles. The fraction of sp³-hybridized carbons (Fsp3) is 0.267. The first-order valence-electron chi connectivity index (χ1n) is 6.95. The highest BCUT2D eigenvalue weighted by Gasteiger charge is 2.22. The molecule has 0 fully saturated rings. The van der Waals surface area contributed by atoms with Gasteiger partial charge in [-0.1, -0.05) is 48.7 Å². The largest absolute Gasteiger partial charge is 0.480 e. The average Bonchev–Trinajstić information content (AvgIpc) is 2.51. The molecular formula is C15H14Cl3N3O3. The molecule has 9 heteroatoms. The molecule has 1 aromatic carbocycles. The summed E-state index contributed by atoms with van der Waals surface area (Å²) in [6.45, 7) is 3.57. The number of benzene rings is 1. The van der Waals surface area contributed by atoms with Crippen LogP contribution in [0.4, 0.5) is 5.69 Å². The standard InChI is InChI=1S/C15H14Cl3N3O3/c1-7(2)13(15(23)24)20-11-4-3-8(5-9(11)16)21-14(22)12(18)10(17)6-19-21/h3-7,13,20H,1-2H3,(H,23,24)/t13-/m1/s1. The van der Waals surface area contributed by atoms with Gasteiger partial charge in [0.05, 0.1) is 27.6 Å². The Morgan fingerprint density at radius 3 is 2.46 bits per heavy atom. The predicted octanol–water partition coefficient (Wildman–Crippen LogP) is 3.71. The van der Waals surface area contributed by atoms with E-state index < -0.39 is 17.6 Å². The van der Waals surface area contributed by atoms with Crippen molar-refractivity contribution in [2.75, 3.05) is 5.32 Å². The molecule has 1 atom stereocenters. The summed E-state index contributed by atoms with van der Waals surface area (Å²) in [6.07, 6.45) is 1.25. The van der Waals surface area contributed by atoms with E-state index in [0.717, 1.165) is 4.68 Å². The Kier molecular flexibility index (Phi) is 5.74. The molecule has 0 bridgehead atoms. The summed E-state index contributed by atoms with van der Waals surface area (Å²) in [7, 11) is 0. The van der Waals surface area contributed by atoms with E-state index in [1.54, 1.807) is 26.0 Å². The van der Waals surface area contributed by atoms with E-state index >= 15 is 0 Å². The van der Waals surface area contributed by atoms with Crippen molar-refractivity contribution >= 4 is 46.5 Å². The molecule has 0 saturated carbocycles. The molecule has 0 unspecified atom stereocenters. The van der Waals surface area contributed by atoms with E-state index in [0.29, 0.717) is 11.4 Å². The Hall–Kier alpha value is -1.76. The molecule has 0 radical (unpaired) electrons. The van der Waals surface area contributed by atoms with Gasteiger partial charge in [0.25, 0.3) is 5.56 Å². The summed E-state index contributed by atoms with van der Waals surface area (Å²) in [5.41, 5.74) is 0.242. The molecular weight excluding hydrogens is 377 g/mol. The number of anilines is 1. The first-order valence-corrected chi connectivity index (χ1v) is 8.08. The number of rotatable bonds is 5. The van der Waals surface area contributed by atoms with E-state index in [2.05, 4.69) is 10.4 Å². The van der Waals surface area contributed by atoms with Crippen LogP contribution in [0, 0.1) is 5.92 Å². The van der Waals surface area contributed by atoms with Crippen molar-refractivity contribution in [1.82, 2.24) is 9.78 Å². The number of aliphatic carboxylic acids is 1. The van der Waals surface area contributed by atoms with Crippen LogP contribution >= 0.6 is 34.8 Å². The van der Waals surface area contributed by atoms with Gasteiger partial charge in [-0.15, -0.1) is 0 Å². The lowest BCUT2D eigenvalue weighted by Gasteiger charge is -2.20. The fourth-order valence-electron chi connectivity index (χ4n) is 2.03. The lowest BCUT2D eigenvalue weighted by Crippen LogP contribution is -2.34. The second kappa shape index (κ2) is 7.42. The van der Waals surface area contributed by atoms with Crippen LogP contribution in [-0.2, 0) is 4.79 Å². The van der Waals surface area contributed by atoms with Crippen molar-refractivity contribution in [2.24, 2.45) is 5.92 Å². The molecule has 0 spiro atoms. The SMILES string of the molecule is CC(C)[C@@H](Nc1ccc(-n2ncc(Cl)c(Cl)c2=O)cc1Cl)C(=O)O. The average molecular weight is 391 g/mol. The summed E-state index contributed by atoms with van der Waals surface area (Å²) in [5.74, 6) is -1.12. The van der Waals surface area contributed by atoms with Gasteiger partial charge in [-0.25, -0.2) is 4.79 Å². The van der Waals surface area contributed by atoms with E-state index in [9.17, 15) is 14.7 Å². The third-order valence-corrected chi connectivity index (χ3v) is 4.38. The number of carboxylic acid groups (broad SMARTS) is 1. The minimum atomic E-state index is -0.979. The molecule has 0 aliphatic heterocycles. The monoisotopic (exact) mass is 389 g/mol. The summed E-state index contributed by atoms with van der Waals surface area (Å²) in [5, 5.41) is 16.2. The zero-order valence-corrected chi connectivity index (χ0v) is 15.0. The fourth-order valence-corrected chi connectivity index (χ4v) is 2.51. The minimum absolute atomic E-state index is 0.0588. The second-order valence-electron chi connectivity index (χ2n) is 5.39. The van der Waals surface area contributed by atoms with Crippen LogP contribution in [0.15, 0.2) is 29.2 Å². The van der Waals surface area contributed by atoms with Gasteiger partial charge in [0.1, 0.15) is 11.1 Å². The summed E-state index contributed by atoms with van der Waals surface area (Å²) < 4.78 is 1.06. The molecule has 6 nitrogen and oxygen atoms in total. The first-order chi connectivity index (χ1) is 11.2. The van der Waals surface area contributed by atoms with Gasteiger partial charge >= 0.3 is 5.97 Å². The van der Waals surface area contributed by atoms with Gasteiger partial charge in [-0.05, 0) is 24.1 Å². The number of halogens is 3. The van der Waals surface area contributed by atoms with Gasteiger partial charge in [0, 0.05) is 0 Å². The zero-order chi connectivity index (χ0) is 18.0. The van der Waals surface area contributed by atoms with E-state index in [1.165, 1.54) is 12.3 Å². The maximum Gasteiger partial charge on any atom is 0.326 e. The van der Waals surface area contributed by atoms with Crippen molar-refractivity contribution in [1.29, 1.82) is 0 Å². The molecule has 2 N–H and O–H groups in total. The van der Waals surface area contributed by atoms with Crippen molar-refractivity contribution in [3.05, 3.63) is 49.8 Å². The highest BCUT2D eigenvalue weighted by Crippen LogP contribution is 2.26. The Morgan fingerprint density at radius 2 is 1.92 bits per heavy atom. The molecule has 0 aliphatic rings. The topological polar surface area (TPSA) is 84.2 Å². The molecule has 0 amide bonds. The van der Waals surface area contributed by atoms with Crippen molar-refractivity contribution < 1.29 is 9.90 Å². The quantitative estimate of drug-likeness (QED) is 0.813. The van der Waals surface area contributed by atoms with Crippen LogP contribution < -0.4 is 10.9 Å². The molecule has 1 aromatic heterocycles. The van der Waals surface area contributed by atoms with Gasteiger partial charge in [-0.2, -0.15) is 9.78 Å². The van der Waals surface area contributed by atoms with Gasteiger partial charge in [0.15, 0.2) is 0 Å². The third kappa shape index (κ3) is 3.83. The number of hydrogen-bond donors (Lipinski definition) is 2. The molecule has 1 heterocycles. The van der Waals surface area contributed by atoms with Gasteiger partial charge in [-0.3, -0.25) is 4.79 Å². The van der Waals surface area contributed by atoms with Crippen LogP contribution in [0.25, 0.3) is 5.69 Å². The lowest BCUT2D eigenvalue weighted by atomic mass is 10.0. The Morgan fingerprint density at radius 1 is 1.25 bits per heavy atom. The molecule has 24 heavy (non-hydrogen) atoms. The summed E-state index contributed by atoms with van der Waals surface area (Å²) in [6, 6.07) is 3.85. The number of carbonyl (C=O) groups is 1. The number of nitrogens with one attached hydrogen (secondary N) is 1. The van der Waals surface area contributed by atoms with Crippen LogP contribution in [-0.4, -0.2) is 26.9 Å². The Labute approximate surface area is 153 Å². The first kappa shape index (κ1) is 18.6. The van der Waals surface area contributed by atoms with Crippen LogP contribution in [0.1, 0.15) is 13.8 Å². The highest BCUT2D eigenvalue weighted by atomic mass is 35.5. The van der Waals surface area contributed by atoms with Crippen molar-refractivity contribution in [3.8, 4) is 5.69 Å². The smallest absolute Gasteiger partial charge is 0.326 e.